The van der Waals surface area contributed by atoms with E-state index in [4.69, 9.17) is 4.74 Å². The largest absolute Gasteiger partial charge is 0.481 e. The summed E-state index contributed by atoms with van der Waals surface area (Å²) in [6, 6.07) is 5.49. The zero-order valence-electron chi connectivity index (χ0n) is 9.99. The van der Waals surface area contributed by atoms with Crippen LogP contribution in [-0.4, -0.2) is 18.0 Å². The van der Waals surface area contributed by atoms with Gasteiger partial charge in [0.2, 0.25) is 11.8 Å². The number of hydrogen-bond acceptors (Lipinski definition) is 3. The standard InChI is InChI=1S/C12H18N2O2/c1-9(2)7-11(15)13-8-10-5-4-6-12(14-10)16-3/h4-6,9H,7-8H2,1-3H3,(H,13,15). The highest BCUT2D eigenvalue weighted by Crippen LogP contribution is 2.06. The summed E-state index contributed by atoms with van der Waals surface area (Å²) in [5, 5.41) is 2.82. The Kier molecular flexibility index (Phi) is 4.76. The monoisotopic (exact) mass is 222 g/mol. The van der Waals surface area contributed by atoms with E-state index in [0.29, 0.717) is 24.8 Å². The second kappa shape index (κ2) is 6.10. The number of rotatable bonds is 5. The van der Waals surface area contributed by atoms with E-state index in [0.717, 1.165) is 5.69 Å². The van der Waals surface area contributed by atoms with Crippen molar-refractivity contribution in [1.82, 2.24) is 10.3 Å². The molecule has 0 aromatic carbocycles. The van der Waals surface area contributed by atoms with Crippen molar-refractivity contribution in [2.75, 3.05) is 7.11 Å². The molecule has 0 bridgehead atoms. The normalized spacial score (nSPS) is 10.2. The molecule has 1 N–H and O–H groups in total. The first-order chi connectivity index (χ1) is 7.61. The molecule has 1 aromatic rings. The number of nitrogens with zero attached hydrogens (tertiary/aromatic N) is 1. The number of carbonyl (C=O) groups excluding carboxylic acids is 1. The number of pyridine rings is 1. The molecule has 4 nitrogen and oxygen atoms in total. The van der Waals surface area contributed by atoms with Crippen molar-refractivity contribution in [3.05, 3.63) is 23.9 Å². The third kappa shape index (κ3) is 4.29. The predicted molar refractivity (Wildman–Crippen MR) is 62.1 cm³/mol. The Morgan fingerprint density at radius 1 is 1.50 bits per heavy atom. The highest BCUT2D eigenvalue weighted by Gasteiger charge is 2.05. The quantitative estimate of drug-likeness (QED) is 0.825. The number of ether oxygens (including phenoxy) is 1. The molecule has 0 aliphatic rings. The van der Waals surface area contributed by atoms with Crippen LogP contribution in [-0.2, 0) is 11.3 Å². The van der Waals surface area contributed by atoms with E-state index in [1.54, 1.807) is 13.2 Å². The molecule has 1 heterocycles. The SMILES string of the molecule is COc1cccc(CNC(=O)CC(C)C)n1. The Bertz CT molecular complexity index is 351. The number of nitrogens with one attached hydrogen (secondary N) is 1. The molecule has 0 aliphatic carbocycles. The summed E-state index contributed by atoms with van der Waals surface area (Å²) in [5.41, 5.74) is 0.802. The first kappa shape index (κ1) is 12.5. The Labute approximate surface area is 96.0 Å². The third-order valence-corrected chi connectivity index (χ3v) is 2.05. The minimum absolute atomic E-state index is 0.0552. The van der Waals surface area contributed by atoms with Crippen LogP contribution in [0.3, 0.4) is 0 Å². The van der Waals surface area contributed by atoms with Gasteiger partial charge in [-0.05, 0) is 12.0 Å². The molecule has 1 amide bonds. The topological polar surface area (TPSA) is 51.2 Å². The molecular formula is C12H18N2O2. The number of hydrogen-bond donors (Lipinski definition) is 1. The number of carbonyl (C=O) groups is 1. The van der Waals surface area contributed by atoms with Crippen LogP contribution in [0.25, 0.3) is 0 Å². The fourth-order valence-corrected chi connectivity index (χ4v) is 1.30. The molecule has 88 valence electrons. The summed E-state index contributed by atoms with van der Waals surface area (Å²) >= 11 is 0. The van der Waals surface area contributed by atoms with Crippen LogP contribution in [0.5, 0.6) is 5.88 Å². The summed E-state index contributed by atoms with van der Waals surface area (Å²) in [5.74, 6) is 0.994. The Hall–Kier alpha value is -1.58. The summed E-state index contributed by atoms with van der Waals surface area (Å²) < 4.78 is 5.00. The van der Waals surface area contributed by atoms with Gasteiger partial charge in [-0.3, -0.25) is 4.79 Å². The molecule has 0 spiro atoms. The van der Waals surface area contributed by atoms with Crippen molar-refractivity contribution in [1.29, 1.82) is 0 Å². The summed E-state index contributed by atoms with van der Waals surface area (Å²) in [6.07, 6.45) is 0.546. The van der Waals surface area contributed by atoms with Crippen molar-refractivity contribution in [3.8, 4) is 5.88 Å². The van der Waals surface area contributed by atoms with Gasteiger partial charge in [0.05, 0.1) is 19.3 Å². The Morgan fingerprint density at radius 2 is 2.25 bits per heavy atom. The van der Waals surface area contributed by atoms with E-state index in [9.17, 15) is 4.79 Å². The van der Waals surface area contributed by atoms with E-state index < -0.39 is 0 Å². The average molecular weight is 222 g/mol. The Balaban J connectivity index is 2.45. The van der Waals surface area contributed by atoms with Gasteiger partial charge in [0.1, 0.15) is 0 Å². The van der Waals surface area contributed by atoms with Crippen LogP contribution in [0, 0.1) is 5.92 Å². The zero-order chi connectivity index (χ0) is 12.0. The van der Waals surface area contributed by atoms with Crippen LogP contribution in [0.2, 0.25) is 0 Å². The molecule has 16 heavy (non-hydrogen) atoms. The minimum Gasteiger partial charge on any atom is -0.481 e. The molecule has 0 saturated heterocycles. The lowest BCUT2D eigenvalue weighted by Gasteiger charge is -2.07. The molecule has 1 rings (SSSR count). The molecule has 0 saturated carbocycles. The maximum Gasteiger partial charge on any atom is 0.220 e. The van der Waals surface area contributed by atoms with Gasteiger partial charge < -0.3 is 10.1 Å². The van der Waals surface area contributed by atoms with Crippen LogP contribution >= 0.6 is 0 Å². The maximum atomic E-state index is 11.4. The predicted octanol–water partition coefficient (Wildman–Crippen LogP) is 1.75. The van der Waals surface area contributed by atoms with Crippen LogP contribution in [0.1, 0.15) is 26.0 Å². The van der Waals surface area contributed by atoms with E-state index in [1.807, 2.05) is 26.0 Å². The zero-order valence-corrected chi connectivity index (χ0v) is 9.99. The maximum absolute atomic E-state index is 11.4. The van der Waals surface area contributed by atoms with E-state index >= 15 is 0 Å². The van der Waals surface area contributed by atoms with E-state index in [2.05, 4.69) is 10.3 Å². The van der Waals surface area contributed by atoms with Gasteiger partial charge in [0.15, 0.2) is 0 Å². The van der Waals surface area contributed by atoms with Gasteiger partial charge in [0.25, 0.3) is 0 Å². The fourth-order valence-electron chi connectivity index (χ4n) is 1.30. The van der Waals surface area contributed by atoms with Crippen LogP contribution < -0.4 is 10.1 Å². The number of aromatic nitrogens is 1. The molecule has 1 aromatic heterocycles. The van der Waals surface area contributed by atoms with Crippen molar-refractivity contribution in [2.24, 2.45) is 5.92 Å². The molecule has 0 radical (unpaired) electrons. The van der Waals surface area contributed by atoms with Gasteiger partial charge >= 0.3 is 0 Å². The van der Waals surface area contributed by atoms with Crippen molar-refractivity contribution in [3.63, 3.8) is 0 Å². The van der Waals surface area contributed by atoms with Gasteiger partial charge in [-0.25, -0.2) is 4.98 Å². The summed E-state index contributed by atoms with van der Waals surface area (Å²) in [4.78, 5) is 15.6. The first-order valence-corrected chi connectivity index (χ1v) is 5.38. The van der Waals surface area contributed by atoms with Gasteiger partial charge in [0, 0.05) is 12.5 Å². The summed E-state index contributed by atoms with van der Waals surface area (Å²) in [7, 11) is 1.57. The van der Waals surface area contributed by atoms with Crippen LogP contribution in [0.4, 0.5) is 0 Å². The first-order valence-electron chi connectivity index (χ1n) is 5.38. The minimum atomic E-state index is 0.0552. The lowest BCUT2D eigenvalue weighted by molar-refractivity contribution is -0.121. The average Bonchev–Trinajstić information content (AvgIpc) is 2.26. The van der Waals surface area contributed by atoms with Gasteiger partial charge in [-0.15, -0.1) is 0 Å². The molecule has 4 heteroatoms. The molecule has 0 atom stereocenters. The lowest BCUT2D eigenvalue weighted by atomic mass is 10.1. The molecular weight excluding hydrogens is 204 g/mol. The highest BCUT2D eigenvalue weighted by atomic mass is 16.5. The van der Waals surface area contributed by atoms with E-state index in [-0.39, 0.29) is 5.91 Å². The van der Waals surface area contributed by atoms with Gasteiger partial charge in [-0.2, -0.15) is 0 Å². The second-order valence-electron chi connectivity index (χ2n) is 4.05. The smallest absolute Gasteiger partial charge is 0.220 e. The molecule has 0 fully saturated rings. The van der Waals surface area contributed by atoms with Crippen molar-refractivity contribution >= 4 is 5.91 Å². The van der Waals surface area contributed by atoms with Crippen molar-refractivity contribution in [2.45, 2.75) is 26.8 Å². The third-order valence-electron chi connectivity index (χ3n) is 2.05. The second-order valence-corrected chi connectivity index (χ2v) is 4.05. The van der Waals surface area contributed by atoms with Crippen LogP contribution in [0.15, 0.2) is 18.2 Å². The molecule has 0 unspecified atom stereocenters. The van der Waals surface area contributed by atoms with Gasteiger partial charge in [-0.1, -0.05) is 19.9 Å². The lowest BCUT2D eigenvalue weighted by Crippen LogP contribution is -2.24. The molecule has 0 aliphatic heterocycles. The fraction of sp³-hybridized carbons (Fsp3) is 0.500. The number of amides is 1. The Morgan fingerprint density at radius 3 is 2.88 bits per heavy atom. The number of methoxy groups -OCH3 is 1. The van der Waals surface area contributed by atoms with E-state index in [1.165, 1.54) is 0 Å². The summed E-state index contributed by atoms with van der Waals surface area (Å²) in [6.45, 7) is 4.48. The van der Waals surface area contributed by atoms with Crippen molar-refractivity contribution < 1.29 is 9.53 Å². The highest BCUT2D eigenvalue weighted by molar-refractivity contribution is 5.75.